The maximum Gasteiger partial charge on any atom is 0.294 e. The minimum atomic E-state index is -1.02. The summed E-state index contributed by atoms with van der Waals surface area (Å²) in [6.07, 6.45) is 7.94. The molecule has 1 N–H and O–H groups in total. The number of rotatable bonds is 9. The molecule has 202 valence electrons. The predicted octanol–water partition coefficient (Wildman–Crippen LogP) is 4.11. The van der Waals surface area contributed by atoms with Crippen LogP contribution >= 0.6 is 0 Å². The van der Waals surface area contributed by atoms with Gasteiger partial charge in [0.1, 0.15) is 29.6 Å². The van der Waals surface area contributed by atoms with Crippen molar-refractivity contribution >= 4 is 17.5 Å². The van der Waals surface area contributed by atoms with Crippen LogP contribution in [0.1, 0.15) is 54.3 Å². The van der Waals surface area contributed by atoms with Gasteiger partial charge in [0.25, 0.3) is 5.91 Å². The Morgan fingerprint density at radius 2 is 1.90 bits per heavy atom. The van der Waals surface area contributed by atoms with Crippen LogP contribution < -0.4 is 19.7 Å². The van der Waals surface area contributed by atoms with Gasteiger partial charge in [-0.2, -0.15) is 4.68 Å². The van der Waals surface area contributed by atoms with Crippen LogP contribution in [0.2, 0.25) is 0 Å². The van der Waals surface area contributed by atoms with Gasteiger partial charge in [0.05, 0.1) is 20.5 Å². The Balaban J connectivity index is 1.63. The van der Waals surface area contributed by atoms with Crippen molar-refractivity contribution < 1.29 is 23.5 Å². The van der Waals surface area contributed by atoms with Crippen LogP contribution in [-0.2, 0) is 4.79 Å². The number of methoxy groups -OCH3 is 2. The monoisotopic (exact) mass is 530 g/mol. The van der Waals surface area contributed by atoms with Gasteiger partial charge in [0, 0.05) is 17.8 Å². The molecule has 1 aliphatic rings. The van der Waals surface area contributed by atoms with Crippen LogP contribution in [0.5, 0.6) is 11.5 Å². The van der Waals surface area contributed by atoms with E-state index in [1.165, 1.54) is 29.3 Å². The van der Waals surface area contributed by atoms with Gasteiger partial charge in [-0.1, -0.05) is 31.4 Å². The molecule has 4 aromatic rings. The Bertz CT molecular complexity index is 1400. The molecule has 1 saturated carbocycles. The first-order chi connectivity index (χ1) is 19.1. The molecule has 0 saturated heterocycles. The summed E-state index contributed by atoms with van der Waals surface area (Å²) >= 11 is 0. The Labute approximate surface area is 225 Å². The fraction of sp³-hybridized carbons (Fsp3) is 0.321. The molecule has 0 radical (unpaired) electrons. The predicted molar refractivity (Wildman–Crippen MR) is 142 cm³/mol. The van der Waals surface area contributed by atoms with Gasteiger partial charge in [-0.25, -0.2) is 0 Å². The van der Waals surface area contributed by atoms with Crippen LogP contribution in [0.3, 0.4) is 0 Å². The van der Waals surface area contributed by atoms with Crippen molar-refractivity contribution in [2.45, 2.75) is 44.2 Å². The SMILES string of the molecule is COc1cccc([C@H](C(=O)NC2CCCCC2)N(C(=O)c2ccco2)c2ccc(-n3cnnn3)c(OC)c2)c1. The fourth-order valence-corrected chi connectivity index (χ4v) is 4.94. The quantitative estimate of drug-likeness (QED) is 0.343. The molecule has 2 aromatic carbocycles. The summed E-state index contributed by atoms with van der Waals surface area (Å²) in [6, 6.07) is 14.5. The number of carbonyl (C=O) groups excluding carboxylic acids is 2. The van der Waals surface area contributed by atoms with Gasteiger partial charge in [-0.3, -0.25) is 14.5 Å². The highest BCUT2D eigenvalue weighted by Crippen LogP contribution is 2.36. The third kappa shape index (κ3) is 5.62. The second-order valence-corrected chi connectivity index (χ2v) is 9.29. The number of carbonyl (C=O) groups is 2. The minimum Gasteiger partial charge on any atom is -0.497 e. The molecule has 1 atom stereocenters. The number of ether oxygens (including phenoxy) is 2. The van der Waals surface area contributed by atoms with E-state index < -0.39 is 11.9 Å². The number of benzene rings is 2. The molecular weight excluding hydrogens is 500 g/mol. The molecule has 5 rings (SSSR count). The first-order valence-electron chi connectivity index (χ1n) is 12.8. The molecule has 0 aliphatic heterocycles. The molecule has 11 nitrogen and oxygen atoms in total. The molecule has 11 heteroatoms. The molecule has 39 heavy (non-hydrogen) atoms. The van der Waals surface area contributed by atoms with Crippen LogP contribution in [0.15, 0.2) is 71.6 Å². The number of hydrogen-bond donors (Lipinski definition) is 1. The number of nitrogens with one attached hydrogen (secondary N) is 1. The highest BCUT2D eigenvalue weighted by molar-refractivity contribution is 6.09. The summed E-state index contributed by atoms with van der Waals surface area (Å²) in [5.74, 6) is 0.299. The maximum atomic E-state index is 14.1. The van der Waals surface area contributed by atoms with Gasteiger partial charge >= 0.3 is 0 Å². The van der Waals surface area contributed by atoms with E-state index in [0.717, 1.165) is 32.1 Å². The number of furan rings is 1. The molecule has 1 fully saturated rings. The lowest BCUT2D eigenvalue weighted by Gasteiger charge is -2.33. The van der Waals surface area contributed by atoms with E-state index in [1.54, 1.807) is 55.6 Å². The zero-order chi connectivity index (χ0) is 27.2. The van der Waals surface area contributed by atoms with E-state index in [0.29, 0.717) is 28.4 Å². The highest BCUT2D eigenvalue weighted by Gasteiger charge is 2.36. The van der Waals surface area contributed by atoms with Gasteiger partial charge in [-0.15, -0.1) is 5.10 Å². The summed E-state index contributed by atoms with van der Waals surface area (Å²) in [6.45, 7) is 0. The molecule has 1 aliphatic carbocycles. The van der Waals surface area contributed by atoms with Crippen LogP contribution in [0.4, 0.5) is 5.69 Å². The number of nitrogens with zero attached hydrogens (tertiary/aromatic N) is 5. The van der Waals surface area contributed by atoms with Gasteiger partial charge in [-0.05, 0) is 65.2 Å². The second kappa shape index (κ2) is 11.8. The third-order valence-electron chi connectivity index (χ3n) is 6.86. The maximum absolute atomic E-state index is 14.1. The summed E-state index contributed by atoms with van der Waals surface area (Å²) in [5, 5.41) is 14.5. The van der Waals surface area contributed by atoms with Crippen molar-refractivity contribution in [1.82, 2.24) is 25.5 Å². The van der Waals surface area contributed by atoms with E-state index in [9.17, 15) is 9.59 Å². The number of aromatic nitrogens is 4. The number of hydrogen-bond acceptors (Lipinski definition) is 8. The summed E-state index contributed by atoms with van der Waals surface area (Å²) in [4.78, 5) is 29.5. The Hall–Kier alpha value is -4.67. The zero-order valence-electron chi connectivity index (χ0n) is 21.8. The van der Waals surface area contributed by atoms with E-state index in [1.807, 2.05) is 6.07 Å². The van der Waals surface area contributed by atoms with Crippen LogP contribution in [0.25, 0.3) is 5.69 Å². The minimum absolute atomic E-state index is 0.0386. The smallest absolute Gasteiger partial charge is 0.294 e. The standard InChI is InChI=1S/C28H30N6O5/c1-37-22-11-6-8-19(16-22)26(27(35)30-20-9-4-3-5-10-20)34(28(36)24-12-7-15-39-24)21-13-14-23(25(17-21)38-2)33-18-29-31-32-33/h6-8,11-18,20,26H,3-5,9-10H2,1-2H3,(H,30,35)/t26-/m1/s1. The topological polar surface area (TPSA) is 125 Å². The molecule has 2 amide bonds. The molecule has 2 aromatic heterocycles. The fourth-order valence-electron chi connectivity index (χ4n) is 4.94. The highest BCUT2D eigenvalue weighted by atomic mass is 16.5. The Morgan fingerprint density at radius 3 is 2.59 bits per heavy atom. The first-order valence-corrected chi connectivity index (χ1v) is 12.8. The van der Waals surface area contributed by atoms with E-state index in [-0.39, 0.29) is 17.7 Å². The van der Waals surface area contributed by atoms with Crippen molar-refractivity contribution in [3.8, 4) is 17.2 Å². The van der Waals surface area contributed by atoms with Crippen LogP contribution in [-0.4, -0.2) is 52.3 Å². The number of anilines is 1. The summed E-state index contributed by atoms with van der Waals surface area (Å²) in [5.41, 5.74) is 1.59. The lowest BCUT2D eigenvalue weighted by molar-refractivity contribution is -0.123. The van der Waals surface area contributed by atoms with Crippen molar-refractivity contribution in [1.29, 1.82) is 0 Å². The Morgan fingerprint density at radius 1 is 1.05 bits per heavy atom. The first kappa shape index (κ1) is 26.0. The van der Waals surface area contributed by atoms with E-state index in [2.05, 4.69) is 20.8 Å². The average Bonchev–Trinajstić information content (AvgIpc) is 3.71. The molecule has 0 bridgehead atoms. The summed E-state index contributed by atoms with van der Waals surface area (Å²) < 4.78 is 18.0. The van der Waals surface area contributed by atoms with Gasteiger partial charge in [0.15, 0.2) is 5.76 Å². The van der Waals surface area contributed by atoms with E-state index >= 15 is 0 Å². The third-order valence-corrected chi connectivity index (χ3v) is 6.86. The van der Waals surface area contributed by atoms with E-state index in [4.69, 9.17) is 13.9 Å². The second-order valence-electron chi connectivity index (χ2n) is 9.29. The molecule has 0 unspecified atom stereocenters. The normalized spacial score (nSPS) is 14.4. The lowest BCUT2D eigenvalue weighted by atomic mass is 9.94. The molecule has 0 spiro atoms. The van der Waals surface area contributed by atoms with Crippen molar-refractivity contribution in [2.24, 2.45) is 0 Å². The lowest BCUT2D eigenvalue weighted by Crippen LogP contribution is -2.47. The zero-order valence-corrected chi connectivity index (χ0v) is 21.8. The summed E-state index contributed by atoms with van der Waals surface area (Å²) in [7, 11) is 3.07. The molecule has 2 heterocycles. The molecular formula is C28H30N6O5. The van der Waals surface area contributed by atoms with Crippen LogP contribution in [0, 0.1) is 0 Å². The van der Waals surface area contributed by atoms with Crippen molar-refractivity contribution in [3.63, 3.8) is 0 Å². The van der Waals surface area contributed by atoms with Gasteiger partial charge in [0.2, 0.25) is 5.91 Å². The van der Waals surface area contributed by atoms with Crippen molar-refractivity contribution in [2.75, 3.05) is 19.1 Å². The largest absolute Gasteiger partial charge is 0.497 e. The number of tetrazole rings is 1. The number of amides is 2. The van der Waals surface area contributed by atoms with Gasteiger partial charge < -0.3 is 19.2 Å². The average molecular weight is 531 g/mol. The van der Waals surface area contributed by atoms with Crippen molar-refractivity contribution in [3.05, 3.63) is 78.5 Å². The Kier molecular flexibility index (Phi) is 7.86.